The molecular formula is C30H41N3O6S. The lowest BCUT2D eigenvalue weighted by atomic mass is 9.47. The van der Waals surface area contributed by atoms with Crippen molar-refractivity contribution in [3.63, 3.8) is 0 Å². The Morgan fingerprint density at radius 3 is 2.65 bits per heavy atom. The summed E-state index contributed by atoms with van der Waals surface area (Å²) < 4.78 is 10.8. The number of anilines is 1. The maximum atomic E-state index is 13.4. The van der Waals surface area contributed by atoms with Crippen molar-refractivity contribution in [1.82, 2.24) is 10.3 Å². The average Bonchev–Trinajstić information content (AvgIpc) is 3.51. The van der Waals surface area contributed by atoms with Crippen LogP contribution in [0.2, 0.25) is 0 Å². The number of carbonyl (C=O) groups is 2. The van der Waals surface area contributed by atoms with Crippen molar-refractivity contribution < 1.29 is 29.3 Å². The molecule has 0 spiro atoms. The van der Waals surface area contributed by atoms with Crippen LogP contribution in [0.25, 0.3) is 0 Å². The number of amides is 2. The molecule has 9 nitrogen and oxygen atoms in total. The Morgan fingerprint density at radius 1 is 1.18 bits per heavy atom. The molecule has 2 heterocycles. The van der Waals surface area contributed by atoms with E-state index in [9.17, 15) is 19.8 Å². The Hall–Kier alpha value is -2.69. The fourth-order valence-electron chi connectivity index (χ4n) is 6.85. The molecule has 5 atom stereocenters. The molecule has 1 aliphatic heterocycles. The summed E-state index contributed by atoms with van der Waals surface area (Å²) >= 11 is 1.45. The van der Waals surface area contributed by atoms with E-state index in [-0.39, 0.29) is 54.3 Å². The Labute approximate surface area is 239 Å². The third kappa shape index (κ3) is 5.45. The van der Waals surface area contributed by atoms with Gasteiger partial charge in [-0.3, -0.25) is 9.59 Å². The Morgan fingerprint density at radius 2 is 1.93 bits per heavy atom. The zero-order valence-corrected chi connectivity index (χ0v) is 24.8. The minimum atomic E-state index is -0.703. The number of aromatic nitrogens is 1. The molecule has 2 amide bonds. The quantitative estimate of drug-likeness (QED) is 0.388. The van der Waals surface area contributed by atoms with Gasteiger partial charge in [-0.1, -0.05) is 40.7 Å². The molecule has 1 aromatic carbocycles. The zero-order valence-electron chi connectivity index (χ0n) is 24.0. The van der Waals surface area contributed by atoms with E-state index >= 15 is 0 Å². The van der Waals surface area contributed by atoms with Gasteiger partial charge in [0.25, 0.3) is 0 Å². The van der Waals surface area contributed by atoms with E-state index in [1.165, 1.54) is 11.3 Å². The highest BCUT2D eigenvalue weighted by Crippen LogP contribution is 2.62. The molecule has 0 bridgehead atoms. The SMILES string of the molecule is CC(C)(C)CC(=O)Nc1nc2c(s1)C[C@@H]1[C@](C)(CO)[C@H](O)CC[C@@]1(C)[C@@H]2CC(=O)NCc1ccc2c(c1)OCO2. The number of benzene rings is 1. The maximum Gasteiger partial charge on any atom is 0.231 e. The average molecular weight is 572 g/mol. The molecule has 5 rings (SSSR count). The number of nitrogens with zero attached hydrogens (tertiary/aromatic N) is 1. The fraction of sp³-hybridized carbons (Fsp3) is 0.633. The topological polar surface area (TPSA) is 130 Å². The molecule has 1 fully saturated rings. The summed E-state index contributed by atoms with van der Waals surface area (Å²) in [5, 5.41) is 28.0. The number of fused-ring (bicyclic) bond motifs is 3. The molecule has 2 aliphatic carbocycles. The second kappa shape index (κ2) is 10.6. The second-order valence-corrected chi connectivity index (χ2v) is 14.4. The first-order valence-electron chi connectivity index (χ1n) is 14.1. The van der Waals surface area contributed by atoms with Crippen LogP contribution in [0.1, 0.15) is 82.4 Å². The zero-order chi connectivity index (χ0) is 28.9. The van der Waals surface area contributed by atoms with Gasteiger partial charge in [-0.2, -0.15) is 0 Å². The van der Waals surface area contributed by atoms with Crippen LogP contribution >= 0.6 is 11.3 Å². The number of carbonyl (C=O) groups excluding carboxylic acids is 2. The van der Waals surface area contributed by atoms with E-state index in [1.807, 2.05) is 45.9 Å². The van der Waals surface area contributed by atoms with Gasteiger partial charge in [0.15, 0.2) is 16.6 Å². The molecule has 0 radical (unpaired) electrons. The first kappa shape index (κ1) is 28.8. The molecule has 0 unspecified atom stereocenters. The molecule has 10 heteroatoms. The molecule has 3 aliphatic rings. The summed E-state index contributed by atoms with van der Waals surface area (Å²) in [7, 11) is 0. The lowest BCUT2D eigenvalue weighted by Gasteiger charge is -2.58. The van der Waals surface area contributed by atoms with Gasteiger partial charge < -0.3 is 30.3 Å². The molecule has 1 aromatic heterocycles. The van der Waals surface area contributed by atoms with E-state index < -0.39 is 11.5 Å². The van der Waals surface area contributed by atoms with Crippen LogP contribution in [0.15, 0.2) is 18.2 Å². The van der Waals surface area contributed by atoms with Gasteiger partial charge in [-0.05, 0) is 53.7 Å². The number of thiazole rings is 1. The van der Waals surface area contributed by atoms with Gasteiger partial charge >= 0.3 is 0 Å². The van der Waals surface area contributed by atoms with E-state index in [1.54, 1.807) is 0 Å². The summed E-state index contributed by atoms with van der Waals surface area (Å²) in [6.45, 7) is 10.6. The Balaban J connectivity index is 1.40. The summed E-state index contributed by atoms with van der Waals surface area (Å²) in [6.07, 6.45) is 1.88. The smallest absolute Gasteiger partial charge is 0.231 e. The van der Waals surface area contributed by atoms with Gasteiger partial charge in [0.2, 0.25) is 18.6 Å². The predicted molar refractivity (Wildman–Crippen MR) is 152 cm³/mol. The number of aliphatic hydroxyl groups excluding tert-OH is 2. The maximum absolute atomic E-state index is 13.4. The first-order chi connectivity index (χ1) is 18.8. The van der Waals surface area contributed by atoms with Crippen LogP contribution in [0, 0.1) is 22.2 Å². The highest BCUT2D eigenvalue weighted by molar-refractivity contribution is 7.15. The highest BCUT2D eigenvalue weighted by Gasteiger charge is 2.59. The third-order valence-electron chi connectivity index (χ3n) is 9.15. The van der Waals surface area contributed by atoms with E-state index in [0.29, 0.717) is 42.4 Å². The number of aliphatic hydroxyl groups is 2. The molecule has 0 saturated heterocycles. The Kier molecular flexibility index (Phi) is 7.65. The summed E-state index contributed by atoms with van der Waals surface area (Å²) in [5.41, 5.74) is 0.551. The summed E-state index contributed by atoms with van der Waals surface area (Å²) in [4.78, 5) is 32.0. The van der Waals surface area contributed by atoms with Gasteiger partial charge in [-0.15, -0.1) is 11.3 Å². The number of ether oxygens (including phenoxy) is 2. The van der Waals surface area contributed by atoms with Gasteiger partial charge in [0.05, 0.1) is 18.4 Å². The van der Waals surface area contributed by atoms with Gasteiger partial charge in [-0.25, -0.2) is 4.98 Å². The highest BCUT2D eigenvalue weighted by atomic mass is 32.1. The van der Waals surface area contributed by atoms with Crippen LogP contribution in [0.3, 0.4) is 0 Å². The van der Waals surface area contributed by atoms with E-state index in [2.05, 4.69) is 17.6 Å². The lowest BCUT2D eigenvalue weighted by molar-refractivity contribution is -0.144. The second-order valence-electron chi connectivity index (χ2n) is 13.3. The van der Waals surface area contributed by atoms with Gasteiger partial charge in [0, 0.05) is 35.6 Å². The number of rotatable bonds is 7. The molecule has 2 aromatic rings. The number of hydrogen-bond acceptors (Lipinski definition) is 8. The third-order valence-corrected chi connectivity index (χ3v) is 10.2. The predicted octanol–water partition coefficient (Wildman–Crippen LogP) is 4.37. The van der Waals surface area contributed by atoms with Crippen LogP contribution in [0.4, 0.5) is 5.13 Å². The number of hydrogen-bond donors (Lipinski definition) is 4. The largest absolute Gasteiger partial charge is 0.454 e. The summed E-state index contributed by atoms with van der Waals surface area (Å²) in [6, 6.07) is 5.63. The van der Waals surface area contributed by atoms with E-state index in [4.69, 9.17) is 14.5 Å². The first-order valence-corrected chi connectivity index (χ1v) is 14.9. The standard InChI is InChI=1S/C30H41N3O6S/c1-28(2,3)13-25(37)32-27-33-26-18(11-24(36)31-14-17-6-7-19-20(10-17)39-16-38-19)29(4)9-8-23(35)30(5,15-34)22(29)12-21(26)40-27/h6-7,10,18,22-23,34-35H,8-9,11-16H2,1-5H3,(H,31,36)(H,32,33,37)/t18-,22+,23-,29+,30+/m1/s1. The Bertz CT molecular complexity index is 1290. The van der Waals surface area contributed by atoms with Crippen molar-refractivity contribution >= 4 is 28.3 Å². The molecule has 4 N–H and O–H groups in total. The van der Waals surface area contributed by atoms with Crippen molar-refractivity contribution in [3.8, 4) is 11.5 Å². The van der Waals surface area contributed by atoms with Crippen molar-refractivity contribution in [1.29, 1.82) is 0 Å². The van der Waals surface area contributed by atoms with Crippen LogP contribution in [-0.2, 0) is 22.6 Å². The van der Waals surface area contributed by atoms with Crippen LogP contribution < -0.4 is 20.1 Å². The minimum Gasteiger partial charge on any atom is -0.454 e. The van der Waals surface area contributed by atoms with Crippen molar-refractivity contribution in [2.45, 2.75) is 85.3 Å². The van der Waals surface area contributed by atoms with Crippen molar-refractivity contribution in [2.75, 3.05) is 18.7 Å². The normalized spacial score (nSPS) is 28.9. The monoisotopic (exact) mass is 571 g/mol. The minimum absolute atomic E-state index is 0.0495. The van der Waals surface area contributed by atoms with Crippen molar-refractivity contribution in [2.24, 2.45) is 22.2 Å². The lowest BCUT2D eigenvalue weighted by Crippen LogP contribution is -2.57. The molecule has 40 heavy (non-hydrogen) atoms. The van der Waals surface area contributed by atoms with Crippen LogP contribution in [0.5, 0.6) is 11.5 Å². The molecular weight excluding hydrogens is 530 g/mol. The summed E-state index contributed by atoms with van der Waals surface area (Å²) in [5.74, 6) is 0.914. The molecule has 1 saturated carbocycles. The fourth-order valence-corrected chi connectivity index (χ4v) is 7.94. The van der Waals surface area contributed by atoms with E-state index in [0.717, 1.165) is 22.6 Å². The molecule has 218 valence electrons. The number of nitrogens with one attached hydrogen (secondary N) is 2. The van der Waals surface area contributed by atoms with Crippen molar-refractivity contribution in [3.05, 3.63) is 34.3 Å². The van der Waals surface area contributed by atoms with Gasteiger partial charge in [0.1, 0.15) is 0 Å². The van der Waals surface area contributed by atoms with Crippen LogP contribution in [-0.4, -0.2) is 46.5 Å².